The van der Waals surface area contributed by atoms with E-state index in [9.17, 15) is 5.11 Å². The third-order valence-corrected chi connectivity index (χ3v) is 4.33. The first-order chi connectivity index (χ1) is 10.0. The van der Waals surface area contributed by atoms with Crippen LogP contribution in [0.2, 0.25) is 0 Å². The maximum absolute atomic E-state index is 9.82. The fourth-order valence-corrected chi connectivity index (χ4v) is 3.34. The van der Waals surface area contributed by atoms with Gasteiger partial charge in [-0.25, -0.2) is 0 Å². The highest BCUT2D eigenvalue weighted by molar-refractivity contribution is 5.45. The Labute approximate surface area is 127 Å². The number of H-pyrrole nitrogens is 1. The van der Waals surface area contributed by atoms with Crippen molar-refractivity contribution in [3.63, 3.8) is 0 Å². The lowest BCUT2D eigenvalue weighted by atomic mass is 9.70. The van der Waals surface area contributed by atoms with Crippen LogP contribution in [0.3, 0.4) is 0 Å². The van der Waals surface area contributed by atoms with Crippen LogP contribution in [0, 0.1) is 6.92 Å². The summed E-state index contributed by atoms with van der Waals surface area (Å²) in [5, 5.41) is 9.82. The molecule has 4 N–H and O–H groups in total. The first-order valence-electron chi connectivity index (χ1n) is 7.78. The largest absolute Gasteiger partial charge is 0.508 e. The molecule has 0 radical (unpaired) electrons. The van der Waals surface area contributed by atoms with Crippen molar-refractivity contribution in [2.45, 2.75) is 51.9 Å². The van der Waals surface area contributed by atoms with Gasteiger partial charge in [-0.05, 0) is 49.1 Å². The molecule has 0 spiro atoms. The van der Waals surface area contributed by atoms with Gasteiger partial charge in [0.2, 0.25) is 0 Å². The Balaban J connectivity index is 2.60. The summed E-state index contributed by atoms with van der Waals surface area (Å²) in [6, 6.07) is 9.99. The number of nitrogens with one attached hydrogen (secondary N) is 1. The van der Waals surface area contributed by atoms with E-state index in [1.807, 2.05) is 19.1 Å². The molecule has 0 atom stereocenters. The number of rotatable bonds is 6. The molecule has 2 rings (SSSR count). The van der Waals surface area contributed by atoms with Crippen LogP contribution in [0.15, 0.2) is 30.3 Å². The minimum Gasteiger partial charge on any atom is -0.508 e. The number of hydrogen-bond acceptors (Lipinski definition) is 2. The van der Waals surface area contributed by atoms with Crippen LogP contribution in [0.5, 0.6) is 5.75 Å². The Morgan fingerprint density at radius 2 is 1.76 bits per heavy atom. The molecule has 0 aliphatic heterocycles. The number of aromatic amines is 1. The summed E-state index contributed by atoms with van der Waals surface area (Å²) in [4.78, 5) is 3.33. The van der Waals surface area contributed by atoms with E-state index in [-0.39, 0.29) is 5.41 Å². The number of phenolic OH excluding ortho intramolecular Hbond substituents is 1. The first-order valence-corrected chi connectivity index (χ1v) is 7.78. The highest BCUT2D eigenvalue weighted by atomic mass is 16.3. The number of aromatic hydroxyl groups is 1. The Morgan fingerprint density at radius 1 is 1.10 bits per heavy atom. The molecule has 0 unspecified atom stereocenters. The maximum atomic E-state index is 9.82. The van der Waals surface area contributed by atoms with Gasteiger partial charge in [0.25, 0.3) is 0 Å². The molecule has 1 aromatic carbocycles. The third-order valence-electron chi connectivity index (χ3n) is 4.33. The second-order valence-electron chi connectivity index (χ2n) is 5.91. The second kappa shape index (κ2) is 6.25. The van der Waals surface area contributed by atoms with Crippen molar-refractivity contribution in [3.05, 3.63) is 47.2 Å². The summed E-state index contributed by atoms with van der Waals surface area (Å²) >= 11 is 0. The second-order valence-corrected chi connectivity index (χ2v) is 5.91. The Morgan fingerprint density at radius 3 is 2.24 bits per heavy atom. The van der Waals surface area contributed by atoms with E-state index in [0.717, 1.165) is 31.2 Å². The highest BCUT2D eigenvalue weighted by Crippen LogP contribution is 2.41. The zero-order valence-electron chi connectivity index (χ0n) is 13.2. The molecule has 3 heteroatoms. The van der Waals surface area contributed by atoms with Crippen LogP contribution >= 0.6 is 0 Å². The molecule has 2 aromatic rings. The summed E-state index contributed by atoms with van der Waals surface area (Å²) in [6.45, 7) is 6.37. The molecule has 0 saturated carbocycles. The van der Waals surface area contributed by atoms with Gasteiger partial charge in [-0.3, -0.25) is 0 Å². The number of nitrogens with two attached hydrogens (primary N) is 1. The van der Waals surface area contributed by atoms with Gasteiger partial charge in [-0.2, -0.15) is 0 Å². The van der Waals surface area contributed by atoms with Gasteiger partial charge in [0.1, 0.15) is 11.6 Å². The summed E-state index contributed by atoms with van der Waals surface area (Å²) in [7, 11) is 0. The van der Waals surface area contributed by atoms with E-state index in [1.54, 1.807) is 6.07 Å². The van der Waals surface area contributed by atoms with Gasteiger partial charge in [0, 0.05) is 11.1 Å². The molecule has 21 heavy (non-hydrogen) atoms. The maximum Gasteiger partial charge on any atom is 0.118 e. The molecule has 114 valence electrons. The number of anilines is 1. The SMILES string of the molecule is CCCC(CCC)(c1ccc(O)c(C)c1)c1ccc(N)[nH]1. The fourth-order valence-electron chi connectivity index (χ4n) is 3.34. The average Bonchev–Trinajstić information content (AvgIpc) is 2.88. The zero-order chi connectivity index (χ0) is 15.5. The zero-order valence-corrected chi connectivity index (χ0v) is 13.2. The molecule has 0 aliphatic carbocycles. The molecule has 3 nitrogen and oxygen atoms in total. The third kappa shape index (κ3) is 2.92. The Bertz CT molecular complexity index is 595. The van der Waals surface area contributed by atoms with Gasteiger partial charge in [0.15, 0.2) is 0 Å². The molecule has 0 amide bonds. The number of hydrogen-bond donors (Lipinski definition) is 3. The molecular weight excluding hydrogens is 260 g/mol. The van der Waals surface area contributed by atoms with Crippen molar-refractivity contribution in [2.24, 2.45) is 0 Å². The molecular formula is C18H26N2O. The lowest BCUT2D eigenvalue weighted by molar-refractivity contribution is 0.415. The summed E-state index contributed by atoms with van der Waals surface area (Å²) in [5.41, 5.74) is 9.20. The van der Waals surface area contributed by atoms with E-state index in [2.05, 4.69) is 31.0 Å². The summed E-state index contributed by atoms with van der Waals surface area (Å²) in [6.07, 6.45) is 4.31. The van der Waals surface area contributed by atoms with Crippen molar-refractivity contribution in [2.75, 3.05) is 5.73 Å². The normalized spacial score (nSPS) is 11.8. The smallest absolute Gasteiger partial charge is 0.118 e. The predicted molar refractivity (Wildman–Crippen MR) is 88.6 cm³/mol. The molecule has 1 aromatic heterocycles. The number of aromatic nitrogens is 1. The van der Waals surface area contributed by atoms with Crippen molar-refractivity contribution in [3.8, 4) is 5.75 Å². The van der Waals surface area contributed by atoms with E-state index in [1.165, 1.54) is 11.3 Å². The number of nitrogen functional groups attached to an aromatic ring is 1. The van der Waals surface area contributed by atoms with Crippen molar-refractivity contribution in [1.29, 1.82) is 0 Å². The van der Waals surface area contributed by atoms with E-state index < -0.39 is 0 Å². The fraction of sp³-hybridized carbons (Fsp3) is 0.444. The molecule has 1 heterocycles. The summed E-state index contributed by atoms with van der Waals surface area (Å²) < 4.78 is 0. The monoisotopic (exact) mass is 286 g/mol. The lowest BCUT2D eigenvalue weighted by Gasteiger charge is -2.34. The molecule has 0 aliphatic rings. The van der Waals surface area contributed by atoms with E-state index in [4.69, 9.17) is 5.73 Å². The lowest BCUT2D eigenvalue weighted by Crippen LogP contribution is -2.28. The Hall–Kier alpha value is -1.90. The minimum absolute atomic E-state index is 0.0560. The quantitative estimate of drug-likeness (QED) is 0.732. The first kappa shape index (κ1) is 15.5. The molecule has 0 saturated heterocycles. The van der Waals surface area contributed by atoms with Crippen LogP contribution in [-0.2, 0) is 5.41 Å². The van der Waals surface area contributed by atoms with Gasteiger partial charge in [-0.15, -0.1) is 0 Å². The van der Waals surface area contributed by atoms with Gasteiger partial charge >= 0.3 is 0 Å². The summed E-state index contributed by atoms with van der Waals surface area (Å²) in [5.74, 6) is 1.06. The van der Waals surface area contributed by atoms with Gasteiger partial charge in [0.05, 0.1) is 0 Å². The van der Waals surface area contributed by atoms with Gasteiger partial charge < -0.3 is 15.8 Å². The average molecular weight is 286 g/mol. The van der Waals surface area contributed by atoms with Crippen molar-refractivity contribution < 1.29 is 5.11 Å². The van der Waals surface area contributed by atoms with Crippen LogP contribution in [0.25, 0.3) is 0 Å². The number of aryl methyl sites for hydroxylation is 1. The van der Waals surface area contributed by atoms with Crippen molar-refractivity contribution in [1.82, 2.24) is 4.98 Å². The van der Waals surface area contributed by atoms with Gasteiger partial charge in [-0.1, -0.05) is 38.8 Å². The predicted octanol–water partition coefficient (Wildman–Crippen LogP) is 4.50. The van der Waals surface area contributed by atoms with E-state index >= 15 is 0 Å². The van der Waals surface area contributed by atoms with Crippen LogP contribution in [0.1, 0.15) is 56.4 Å². The standard InChI is InChI=1S/C18H26N2O/c1-4-10-18(11-5-2,16-8-9-17(19)20-16)14-6-7-15(21)13(3)12-14/h6-9,12,20-21H,4-5,10-11,19H2,1-3H3. The topological polar surface area (TPSA) is 62.0 Å². The molecule has 0 bridgehead atoms. The number of phenols is 1. The number of benzene rings is 1. The highest BCUT2D eigenvalue weighted by Gasteiger charge is 2.34. The van der Waals surface area contributed by atoms with Crippen LogP contribution in [0.4, 0.5) is 5.82 Å². The Kier molecular flexibility index (Phi) is 4.61. The van der Waals surface area contributed by atoms with Crippen molar-refractivity contribution >= 4 is 5.82 Å². The van der Waals surface area contributed by atoms with Crippen LogP contribution < -0.4 is 5.73 Å². The molecule has 0 fully saturated rings. The minimum atomic E-state index is -0.0560. The van der Waals surface area contributed by atoms with E-state index in [0.29, 0.717) is 11.6 Å². The van der Waals surface area contributed by atoms with Crippen LogP contribution in [-0.4, -0.2) is 10.1 Å².